The molecular weight excluding hydrogens is 298 g/mol. The van der Waals surface area contributed by atoms with Crippen molar-refractivity contribution in [2.24, 2.45) is 0 Å². The summed E-state index contributed by atoms with van der Waals surface area (Å²) in [5, 5.41) is 4.19. The summed E-state index contributed by atoms with van der Waals surface area (Å²) in [6.07, 6.45) is 3.25. The summed E-state index contributed by atoms with van der Waals surface area (Å²) in [4.78, 5) is 0. The number of halogens is 2. The zero-order valence-corrected chi connectivity index (χ0v) is 12.9. The molecule has 0 heterocycles. The summed E-state index contributed by atoms with van der Waals surface area (Å²) in [5.74, 6) is 0. The Kier molecular flexibility index (Phi) is 6.24. The molecule has 0 radical (unpaired) electrons. The highest BCUT2D eigenvalue weighted by molar-refractivity contribution is 9.10. The Labute approximate surface area is 117 Å². The van der Waals surface area contributed by atoms with Gasteiger partial charge in [0.1, 0.15) is 0 Å². The predicted octanol–water partition coefficient (Wildman–Crippen LogP) is 4.89. The van der Waals surface area contributed by atoms with Gasteiger partial charge in [-0.25, -0.2) is 0 Å². The minimum Gasteiger partial charge on any atom is -0.311 e. The average Bonchev–Trinajstić information content (AvgIpc) is 2.28. The highest BCUT2D eigenvalue weighted by atomic mass is 79.9. The first-order valence-electron chi connectivity index (χ1n) is 5.90. The van der Waals surface area contributed by atoms with Crippen molar-refractivity contribution < 1.29 is 0 Å². The van der Waals surface area contributed by atoms with Gasteiger partial charge in [0.15, 0.2) is 0 Å². The molecule has 0 unspecified atom stereocenters. The number of hydrogen-bond donors (Lipinski definition) is 1. The molecular formula is C14H19BrClN. The fraction of sp³-hybridized carbons (Fsp3) is 0.429. The van der Waals surface area contributed by atoms with E-state index in [2.05, 4.69) is 54.2 Å². The van der Waals surface area contributed by atoms with Crippen LogP contribution in [0.15, 0.2) is 28.2 Å². The van der Waals surface area contributed by atoms with Crippen molar-refractivity contribution in [3.63, 3.8) is 0 Å². The van der Waals surface area contributed by atoms with Crippen LogP contribution in [0.5, 0.6) is 0 Å². The molecule has 0 amide bonds. The van der Waals surface area contributed by atoms with E-state index in [4.69, 9.17) is 11.6 Å². The number of rotatable bonds is 5. The van der Waals surface area contributed by atoms with E-state index >= 15 is 0 Å². The second-order valence-electron chi connectivity index (χ2n) is 4.37. The lowest BCUT2D eigenvalue weighted by molar-refractivity contribution is 0.617. The minimum atomic E-state index is 0.512. The summed E-state index contributed by atoms with van der Waals surface area (Å²) >= 11 is 9.47. The van der Waals surface area contributed by atoms with Crippen LogP contribution >= 0.6 is 27.5 Å². The largest absolute Gasteiger partial charge is 0.311 e. The molecule has 0 spiro atoms. The van der Waals surface area contributed by atoms with Crippen LogP contribution in [0.4, 0.5) is 0 Å². The maximum absolute atomic E-state index is 6.08. The topological polar surface area (TPSA) is 12.0 Å². The molecule has 94 valence electrons. The highest BCUT2D eigenvalue weighted by Crippen LogP contribution is 2.24. The van der Waals surface area contributed by atoms with E-state index in [9.17, 15) is 0 Å². The van der Waals surface area contributed by atoms with Gasteiger partial charge in [0.2, 0.25) is 0 Å². The molecule has 1 N–H and O–H groups in total. The molecule has 0 aliphatic rings. The van der Waals surface area contributed by atoms with E-state index in [1.807, 2.05) is 12.1 Å². The van der Waals surface area contributed by atoms with Gasteiger partial charge >= 0.3 is 0 Å². The second-order valence-corrected chi connectivity index (χ2v) is 5.63. The number of benzene rings is 1. The van der Waals surface area contributed by atoms with Crippen molar-refractivity contribution in [2.75, 3.05) is 6.54 Å². The van der Waals surface area contributed by atoms with Crippen LogP contribution in [0.3, 0.4) is 0 Å². The Morgan fingerprint density at radius 2 is 2.18 bits per heavy atom. The third kappa shape index (κ3) is 5.24. The maximum Gasteiger partial charge on any atom is 0.0554 e. The SMILES string of the molecule is CC/C(=C/c1ccc(Br)c(Cl)c1)CNC(C)C. The van der Waals surface area contributed by atoms with Gasteiger partial charge in [0.05, 0.1) is 5.02 Å². The molecule has 1 aromatic rings. The van der Waals surface area contributed by atoms with Gasteiger partial charge < -0.3 is 5.32 Å². The predicted molar refractivity (Wildman–Crippen MR) is 80.6 cm³/mol. The molecule has 0 atom stereocenters. The fourth-order valence-corrected chi connectivity index (χ4v) is 1.89. The zero-order chi connectivity index (χ0) is 12.8. The van der Waals surface area contributed by atoms with Crippen molar-refractivity contribution in [3.05, 3.63) is 38.8 Å². The van der Waals surface area contributed by atoms with E-state index in [0.717, 1.165) is 28.0 Å². The van der Waals surface area contributed by atoms with E-state index in [1.165, 1.54) is 5.57 Å². The summed E-state index contributed by atoms with van der Waals surface area (Å²) in [5.41, 5.74) is 2.54. The lowest BCUT2D eigenvalue weighted by Gasteiger charge is -2.10. The van der Waals surface area contributed by atoms with Crippen LogP contribution in [0.2, 0.25) is 5.02 Å². The zero-order valence-electron chi connectivity index (χ0n) is 10.6. The number of hydrogen-bond acceptors (Lipinski definition) is 1. The molecule has 1 rings (SSSR count). The maximum atomic E-state index is 6.08. The van der Waals surface area contributed by atoms with Crippen molar-refractivity contribution in [1.29, 1.82) is 0 Å². The third-order valence-corrected chi connectivity index (χ3v) is 3.74. The molecule has 0 fully saturated rings. The fourth-order valence-electron chi connectivity index (χ4n) is 1.45. The van der Waals surface area contributed by atoms with E-state index in [-0.39, 0.29) is 0 Å². The van der Waals surface area contributed by atoms with E-state index in [1.54, 1.807) is 0 Å². The summed E-state index contributed by atoms with van der Waals surface area (Å²) in [7, 11) is 0. The normalized spacial score (nSPS) is 12.2. The summed E-state index contributed by atoms with van der Waals surface area (Å²) < 4.78 is 0.940. The first kappa shape index (κ1) is 14.7. The Balaban J connectivity index is 2.79. The van der Waals surface area contributed by atoms with E-state index in [0.29, 0.717) is 6.04 Å². The van der Waals surface area contributed by atoms with Crippen LogP contribution in [-0.4, -0.2) is 12.6 Å². The van der Waals surface area contributed by atoms with E-state index < -0.39 is 0 Å². The average molecular weight is 317 g/mol. The second kappa shape index (κ2) is 7.20. The summed E-state index contributed by atoms with van der Waals surface area (Å²) in [6.45, 7) is 7.42. The Morgan fingerprint density at radius 1 is 1.47 bits per heavy atom. The molecule has 0 aliphatic heterocycles. The summed E-state index contributed by atoms with van der Waals surface area (Å²) in [6, 6.07) is 6.55. The standard InChI is InChI=1S/C14H19BrClN/c1-4-11(9-17-10(2)3)7-12-5-6-13(15)14(16)8-12/h5-8,10,17H,4,9H2,1-3H3/b11-7-. The third-order valence-electron chi connectivity index (χ3n) is 2.51. The molecule has 0 aliphatic carbocycles. The molecule has 0 aromatic heterocycles. The lowest BCUT2D eigenvalue weighted by Crippen LogP contribution is -2.24. The monoisotopic (exact) mass is 315 g/mol. The molecule has 3 heteroatoms. The Hall–Kier alpha value is -0.310. The Morgan fingerprint density at radius 3 is 2.71 bits per heavy atom. The van der Waals surface area contributed by atoms with Gasteiger partial charge in [-0.15, -0.1) is 0 Å². The van der Waals surface area contributed by atoms with Gasteiger partial charge in [-0.1, -0.05) is 50.1 Å². The van der Waals surface area contributed by atoms with Crippen LogP contribution in [0.1, 0.15) is 32.8 Å². The van der Waals surface area contributed by atoms with Crippen molar-refractivity contribution in [3.8, 4) is 0 Å². The van der Waals surface area contributed by atoms with Crippen LogP contribution in [0.25, 0.3) is 6.08 Å². The quantitative estimate of drug-likeness (QED) is 0.815. The molecule has 0 saturated carbocycles. The molecule has 1 aromatic carbocycles. The van der Waals surface area contributed by atoms with Gasteiger partial charge in [-0.05, 0) is 40.0 Å². The molecule has 17 heavy (non-hydrogen) atoms. The number of nitrogens with one attached hydrogen (secondary N) is 1. The molecule has 0 bridgehead atoms. The van der Waals surface area contributed by atoms with Crippen molar-refractivity contribution in [2.45, 2.75) is 33.2 Å². The van der Waals surface area contributed by atoms with Crippen molar-refractivity contribution >= 4 is 33.6 Å². The first-order valence-corrected chi connectivity index (χ1v) is 7.08. The minimum absolute atomic E-state index is 0.512. The van der Waals surface area contributed by atoms with Gasteiger partial charge in [-0.2, -0.15) is 0 Å². The lowest BCUT2D eigenvalue weighted by atomic mass is 10.1. The highest BCUT2D eigenvalue weighted by Gasteiger charge is 2.00. The van der Waals surface area contributed by atoms with Crippen LogP contribution < -0.4 is 5.32 Å². The van der Waals surface area contributed by atoms with Crippen LogP contribution in [0, 0.1) is 0 Å². The molecule has 1 nitrogen and oxygen atoms in total. The van der Waals surface area contributed by atoms with Gasteiger partial charge in [0, 0.05) is 17.1 Å². The van der Waals surface area contributed by atoms with Crippen molar-refractivity contribution in [1.82, 2.24) is 5.32 Å². The van der Waals surface area contributed by atoms with Gasteiger partial charge in [0.25, 0.3) is 0 Å². The van der Waals surface area contributed by atoms with Crippen LogP contribution in [-0.2, 0) is 0 Å². The van der Waals surface area contributed by atoms with Gasteiger partial charge in [-0.3, -0.25) is 0 Å². The first-order chi connectivity index (χ1) is 8.02. The molecule has 0 saturated heterocycles. The Bertz CT molecular complexity index is 399. The smallest absolute Gasteiger partial charge is 0.0554 e.